The first-order valence-electron chi connectivity index (χ1n) is 4.87. The van der Waals surface area contributed by atoms with Gasteiger partial charge in [0.15, 0.2) is 5.69 Å². The number of nitrogens with zero attached hydrogens (tertiary/aromatic N) is 2. The largest absolute Gasteiger partial charge is 0.476 e. The van der Waals surface area contributed by atoms with Crippen LogP contribution in [-0.2, 0) is 6.42 Å². The summed E-state index contributed by atoms with van der Waals surface area (Å²) in [6.45, 7) is 2.31. The van der Waals surface area contributed by atoms with Crippen LogP contribution in [0.25, 0.3) is 0 Å². The van der Waals surface area contributed by atoms with Crippen molar-refractivity contribution in [3.05, 3.63) is 28.0 Å². The molecule has 0 fully saturated rings. The zero-order valence-electron chi connectivity index (χ0n) is 9.04. The molecule has 0 aromatic carbocycles. The zero-order valence-corrected chi connectivity index (χ0v) is 9.86. The molecule has 6 nitrogen and oxygen atoms in total. The molecule has 7 heteroatoms. The van der Waals surface area contributed by atoms with E-state index in [0.717, 1.165) is 16.8 Å². The van der Waals surface area contributed by atoms with E-state index in [1.165, 1.54) is 0 Å². The van der Waals surface area contributed by atoms with Gasteiger partial charge in [0.1, 0.15) is 6.26 Å². The lowest BCUT2D eigenvalue weighted by atomic mass is 10.3. The average molecular weight is 254 g/mol. The number of thiazole rings is 1. The van der Waals surface area contributed by atoms with Crippen LogP contribution in [0.5, 0.6) is 6.08 Å². The van der Waals surface area contributed by atoms with Crippen molar-refractivity contribution in [1.82, 2.24) is 9.97 Å². The number of hydrogen-bond donors (Lipinski definition) is 1. The van der Waals surface area contributed by atoms with Crippen molar-refractivity contribution in [2.75, 3.05) is 6.61 Å². The second-order valence-electron chi connectivity index (χ2n) is 3.26. The first kappa shape index (κ1) is 11.6. The van der Waals surface area contributed by atoms with Gasteiger partial charge in [-0.3, -0.25) is 0 Å². The van der Waals surface area contributed by atoms with Gasteiger partial charge in [0.05, 0.1) is 17.8 Å². The fourth-order valence-electron chi connectivity index (χ4n) is 1.22. The minimum Gasteiger partial charge on any atom is -0.476 e. The Kier molecular flexibility index (Phi) is 3.38. The van der Waals surface area contributed by atoms with Gasteiger partial charge in [-0.25, -0.2) is 9.78 Å². The topological polar surface area (TPSA) is 85.5 Å². The molecule has 90 valence electrons. The Morgan fingerprint density at radius 2 is 2.47 bits per heavy atom. The highest BCUT2D eigenvalue weighted by molar-refractivity contribution is 7.09. The Balaban J connectivity index is 1.86. The van der Waals surface area contributed by atoms with E-state index < -0.39 is 5.97 Å². The molecular formula is C10H10N2O4S. The van der Waals surface area contributed by atoms with Gasteiger partial charge in [-0.05, 0) is 6.92 Å². The molecule has 0 radical (unpaired) electrons. The second-order valence-corrected chi connectivity index (χ2v) is 4.20. The van der Waals surface area contributed by atoms with E-state index in [2.05, 4.69) is 9.97 Å². The maximum atomic E-state index is 10.5. The number of aromatic carboxylic acids is 1. The molecule has 0 aliphatic heterocycles. The van der Waals surface area contributed by atoms with Crippen molar-refractivity contribution in [3.8, 4) is 6.08 Å². The molecule has 2 rings (SSSR count). The number of rotatable bonds is 5. The molecule has 0 saturated heterocycles. The summed E-state index contributed by atoms with van der Waals surface area (Å²) in [5.41, 5.74) is 2.60. The molecule has 0 amide bonds. The number of oxazole rings is 1. The maximum Gasteiger partial charge on any atom is 0.394 e. The maximum absolute atomic E-state index is 10.5. The summed E-state index contributed by atoms with van der Waals surface area (Å²) in [4.78, 5) is 19.4. The minimum atomic E-state index is -1.14. The van der Waals surface area contributed by atoms with E-state index in [1.807, 2.05) is 6.92 Å². The zero-order chi connectivity index (χ0) is 12.3. The molecule has 0 bridgehead atoms. The molecule has 2 heterocycles. The van der Waals surface area contributed by atoms with Gasteiger partial charge in [-0.15, -0.1) is 11.3 Å². The molecule has 0 spiro atoms. The summed E-state index contributed by atoms with van der Waals surface area (Å²) in [7, 11) is 0. The second kappa shape index (κ2) is 4.96. The number of aryl methyl sites for hydroxylation is 1. The number of hydrogen-bond acceptors (Lipinski definition) is 6. The summed E-state index contributed by atoms with van der Waals surface area (Å²) in [6.07, 6.45) is 1.72. The Morgan fingerprint density at radius 1 is 1.65 bits per heavy atom. The number of carboxylic acid groups (broad SMARTS) is 1. The Morgan fingerprint density at radius 3 is 3.06 bits per heavy atom. The smallest absolute Gasteiger partial charge is 0.394 e. The molecule has 17 heavy (non-hydrogen) atoms. The van der Waals surface area contributed by atoms with Crippen LogP contribution in [0, 0.1) is 6.92 Å². The summed E-state index contributed by atoms with van der Waals surface area (Å²) >= 11 is 1.56. The predicted octanol–water partition coefficient (Wildman–Crippen LogP) is 1.76. The van der Waals surface area contributed by atoms with Gasteiger partial charge in [-0.1, -0.05) is 0 Å². The van der Waals surface area contributed by atoms with Gasteiger partial charge < -0.3 is 14.3 Å². The number of carboxylic acids is 1. The first-order chi connectivity index (χ1) is 8.16. The van der Waals surface area contributed by atoms with Crippen molar-refractivity contribution in [1.29, 1.82) is 0 Å². The van der Waals surface area contributed by atoms with Crippen LogP contribution < -0.4 is 4.74 Å². The van der Waals surface area contributed by atoms with Crippen molar-refractivity contribution < 1.29 is 19.1 Å². The van der Waals surface area contributed by atoms with E-state index >= 15 is 0 Å². The van der Waals surface area contributed by atoms with Gasteiger partial charge in [0, 0.05) is 11.3 Å². The third-order valence-corrected chi connectivity index (χ3v) is 3.10. The Labute approximate surface area is 101 Å². The highest BCUT2D eigenvalue weighted by atomic mass is 32.1. The number of ether oxygens (including phenoxy) is 1. The van der Waals surface area contributed by atoms with Crippen LogP contribution in [-0.4, -0.2) is 27.7 Å². The minimum absolute atomic E-state index is 0.0235. The highest BCUT2D eigenvalue weighted by Crippen LogP contribution is 2.14. The van der Waals surface area contributed by atoms with E-state index in [4.69, 9.17) is 14.3 Å². The lowest BCUT2D eigenvalue weighted by molar-refractivity contribution is 0.0690. The Bertz CT molecular complexity index is 520. The Hall–Kier alpha value is -1.89. The lowest BCUT2D eigenvalue weighted by Gasteiger charge is -1.99. The highest BCUT2D eigenvalue weighted by Gasteiger charge is 2.11. The summed E-state index contributed by atoms with van der Waals surface area (Å²) in [6, 6.07) is 0. The third-order valence-electron chi connectivity index (χ3n) is 2.10. The molecular weight excluding hydrogens is 244 g/mol. The van der Waals surface area contributed by atoms with Crippen molar-refractivity contribution in [3.63, 3.8) is 0 Å². The van der Waals surface area contributed by atoms with Gasteiger partial charge >= 0.3 is 12.0 Å². The van der Waals surface area contributed by atoms with Gasteiger partial charge in [0.25, 0.3) is 0 Å². The van der Waals surface area contributed by atoms with E-state index in [0.29, 0.717) is 13.0 Å². The first-order valence-corrected chi connectivity index (χ1v) is 5.75. The predicted molar refractivity (Wildman–Crippen MR) is 59.5 cm³/mol. The standard InChI is InChI=1S/C10H10N2O4S/c1-6-8(17-5-11-6)2-3-15-10-12-7(4-16-10)9(13)14/h4-5H,2-3H2,1H3,(H,13,14). The lowest BCUT2D eigenvalue weighted by Crippen LogP contribution is -2.02. The van der Waals surface area contributed by atoms with E-state index in [-0.39, 0.29) is 11.8 Å². The van der Waals surface area contributed by atoms with Crippen LogP contribution in [0.1, 0.15) is 21.1 Å². The van der Waals surface area contributed by atoms with Crippen LogP contribution >= 0.6 is 11.3 Å². The molecule has 2 aromatic rings. The van der Waals surface area contributed by atoms with Crippen LogP contribution in [0.4, 0.5) is 0 Å². The van der Waals surface area contributed by atoms with Crippen molar-refractivity contribution >= 4 is 17.3 Å². The van der Waals surface area contributed by atoms with Crippen LogP contribution in [0.2, 0.25) is 0 Å². The van der Waals surface area contributed by atoms with Crippen molar-refractivity contribution in [2.45, 2.75) is 13.3 Å². The molecule has 2 aromatic heterocycles. The SMILES string of the molecule is Cc1ncsc1CCOc1nc(C(=O)O)co1. The fourth-order valence-corrected chi connectivity index (χ4v) is 1.98. The van der Waals surface area contributed by atoms with E-state index in [9.17, 15) is 4.79 Å². The molecule has 0 aliphatic rings. The molecule has 0 unspecified atom stereocenters. The van der Waals surface area contributed by atoms with Crippen LogP contribution in [0.3, 0.4) is 0 Å². The van der Waals surface area contributed by atoms with Gasteiger partial charge in [0.2, 0.25) is 0 Å². The summed E-state index contributed by atoms with van der Waals surface area (Å²) in [5, 5.41) is 8.63. The average Bonchev–Trinajstić information content (AvgIpc) is 2.89. The van der Waals surface area contributed by atoms with E-state index in [1.54, 1.807) is 16.8 Å². The quantitative estimate of drug-likeness (QED) is 0.875. The number of aromatic nitrogens is 2. The number of carbonyl (C=O) groups is 1. The summed E-state index contributed by atoms with van der Waals surface area (Å²) in [5.74, 6) is -1.14. The van der Waals surface area contributed by atoms with Crippen LogP contribution in [0.15, 0.2) is 16.2 Å². The third kappa shape index (κ3) is 2.82. The fraction of sp³-hybridized carbons (Fsp3) is 0.300. The summed E-state index contributed by atoms with van der Waals surface area (Å²) < 4.78 is 10.1. The normalized spacial score (nSPS) is 10.4. The molecule has 1 N–H and O–H groups in total. The van der Waals surface area contributed by atoms with Gasteiger partial charge in [-0.2, -0.15) is 4.98 Å². The molecule has 0 aliphatic carbocycles. The molecule has 0 atom stereocenters. The van der Waals surface area contributed by atoms with Crippen molar-refractivity contribution in [2.24, 2.45) is 0 Å². The molecule has 0 saturated carbocycles. The monoisotopic (exact) mass is 254 g/mol.